The van der Waals surface area contributed by atoms with Gasteiger partial charge in [-0.1, -0.05) is 13.8 Å². The smallest absolute Gasteiger partial charge is 0.237 e. The number of nitrogens with one attached hydrogen (secondary N) is 1. The van der Waals surface area contributed by atoms with Crippen LogP contribution in [0, 0.1) is 5.92 Å². The van der Waals surface area contributed by atoms with Crippen LogP contribution in [0.15, 0.2) is 10.9 Å². The first-order valence-electron chi connectivity index (χ1n) is 5.01. The number of carbonyl (C=O) groups excluding carboxylic acids is 1. The number of hydrogen-bond donors (Lipinski definition) is 2. The van der Waals surface area contributed by atoms with Crippen LogP contribution in [0.5, 0.6) is 0 Å². The Bertz CT molecular complexity index is 298. The maximum atomic E-state index is 11.5. The Morgan fingerprint density at radius 1 is 1.67 bits per heavy atom. The monoisotopic (exact) mass is 227 g/mol. The maximum absolute atomic E-state index is 11.5. The van der Waals surface area contributed by atoms with E-state index in [-0.39, 0.29) is 11.8 Å². The fraction of sp³-hybridized carbons (Fsp3) is 0.600. The van der Waals surface area contributed by atoms with E-state index in [4.69, 9.17) is 5.73 Å². The third-order valence-electron chi connectivity index (χ3n) is 2.18. The molecule has 3 N–H and O–H groups in total. The molecular weight excluding hydrogens is 210 g/mol. The van der Waals surface area contributed by atoms with Gasteiger partial charge in [-0.05, 0) is 5.92 Å². The molecule has 0 fully saturated rings. The van der Waals surface area contributed by atoms with Crippen molar-refractivity contribution in [3.05, 3.63) is 16.6 Å². The summed E-state index contributed by atoms with van der Waals surface area (Å²) in [4.78, 5) is 15.6. The molecule has 1 unspecified atom stereocenters. The summed E-state index contributed by atoms with van der Waals surface area (Å²) in [5.41, 5.74) is 8.49. The molecular formula is C10H17N3OS. The number of amides is 1. The van der Waals surface area contributed by atoms with E-state index in [1.165, 1.54) is 0 Å². The SMILES string of the molecule is CC(C)C(N)C(=O)NCCc1cscn1. The average molecular weight is 227 g/mol. The van der Waals surface area contributed by atoms with E-state index < -0.39 is 6.04 Å². The summed E-state index contributed by atoms with van der Waals surface area (Å²) in [6.07, 6.45) is 0.764. The second-order valence-electron chi connectivity index (χ2n) is 3.79. The molecule has 0 aliphatic rings. The van der Waals surface area contributed by atoms with Crippen molar-refractivity contribution in [2.75, 3.05) is 6.54 Å². The highest BCUT2D eigenvalue weighted by molar-refractivity contribution is 7.07. The Balaban J connectivity index is 2.23. The minimum atomic E-state index is -0.416. The number of aromatic nitrogens is 1. The molecule has 1 atom stereocenters. The summed E-state index contributed by atoms with van der Waals surface area (Å²) in [5, 5.41) is 4.78. The Morgan fingerprint density at radius 2 is 2.40 bits per heavy atom. The zero-order valence-electron chi connectivity index (χ0n) is 9.06. The van der Waals surface area contributed by atoms with Crippen LogP contribution in [0.25, 0.3) is 0 Å². The zero-order chi connectivity index (χ0) is 11.3. The molecule has 84 valence electrons. The van der Waals surface area contributed by atoms with Crippen LogP contribution in [0.2, 0.25) is 0 Å². The van der Waals surface area contributed by atoms with Crippen molar-refractivity contribution in [2.24, 2.45) is 11.7 Å². The summed E-state index contributed by atoms with van der Waals surface area (Å²) in [6, 6.07) is -0.416. The third kappa shape index (κ3) is 3.97. The number of nitrogens with zero attached hydrogens (tertiary/aromatic N) is 1. The van der Waals surface area contributed by atoms with Crippen molar-refractivity contribution in [2.45, 2.75) is 26.3 Å². The van der Waals surface area contributed by atoms with Crippen molar-refractivity contribution < 1.29 is 4.79 Å². The lowest BCUT2D eigenvalue weighted by atomic mass is 10.1. The van der Waals surface area contributed by atoms with Gasteiger partial charge >= 0.3 is 0 Å². The van der Waals surface area contributed by atoms with E-state index >= 15 is 0 Å². The molecule has 4 nitrogen and oxygen atoms in total. The van der Waals surface area contributed by atoms with Gasteiger partial charge in [-0.25, -0.2) is 4.98 Å². The van der Waals surface area contributed by atoms with Gasteiger partial charge in [-0.2, -0.15) is 0 Å². The fourth-order valence-corrected chi connectivity index (χ4v) is 1.69. The van der Waals surface area contributed by atoms with E-state index in [0.29, 0.717) is 6.54 Å². The van der Waals surface area contributed by atoms with E-state index in [9.17, 15) is 4.79 Å². The van der Waals surface area contributed by atoms with Crippen LogP contribution >= 0.6 is 11.3 Å². The van der Waals surface area contributed by atoms with Gasteiger partial charge < -0.3 is 11.1 Å². The highest BCUT2D eigenvalue weighted by Crippen LogP contribution is 2.01. The molecule has 1 heterocycles. The number of rotatable bonds is 5. The van der Waals surface area contributed by atoms with Crippen LogP contribution in [0.3, 0.4) is 0 Å². The molecule has 15 heavy (non-hydrogen) atoms. The largest absolute Gasteiger partial charge is 0.354 e. The number of hydrogen-bond acceptors (Lipinski definition) is 4. The highest BCUT2D eigenvalue weighted by Gasteiger charge is 2.16. The van der Waals surface area contributed by atoms with Crippen molar-refractivity contribution in [3.63, 3.8) is 0 Å². The number of nitrogens with two attached hydrogens (primary N) is 1. The zero-order valence-corrected chi connectivity index (χ0v) is 9.88. The summed E-state index contributed by atoms with van der Waals surface area (Å²) in [5.74, 6) is 0.0875. The average Bonchev–Trinajstić information content (AvgIpc) is 2.69. The molecule has 0 bridgehead atoms. The van der Waals surface area contributed by atoms with Crippen molar-refractivity contribution in [1.29, 1.82) is 0 Å². The lowest BCUT2D eigenvalue weighted by molar-refractivity contribution is -0.123. The molecule has 1 aromatic heterocycles. The predicted octanol–water partition coefficient (Wildman–Crippen LogP) is 0.785. The minimum absolute atomic E-state index is 0.0831. The van der Waals surface area contributed by atoms with Gasteiger partial charge in [-0.3, -0.25) is 4.79 Å². The summed E-state index contributed by atoms with van der Waals surface area (Å²) >= 11 is 1.56. The highest BCUT2D eigenvalue weighted by atomic mass is 32.1. The molecule has 0 saturated heterocycles. The molecule has 0 aliphatic carbocycles. The Kier molecular flexibility index (Phi) is 4.71. The molecule has 0 spiro atoms. The first-order valence-corrected chi connectivity index (χ1v) is 5.96. The van der Waals surface area contributed by atoms with Crippen molar-refractivity contribution in [3.8, 4) is 0 Å². The lowest BCUT2D eigenvalue weighted by Gasteiger charge is -2.14. The normalized spacial score (nSPS) is 12.8. The van der Waals surface area contributed by atoms with Crippen molar-refractivity contribution in [1.82, 2.24) is 10.3 Å². The van der Waals surface area contributed by atoms with Gasteiger partial charge in [0.25, 0.3) is 0 Å². The molecule has 5 heteroatoms. The van der Waals surface area contributed by atoms with Gasteiger partial charge in [0.15, 0.2) is 0 Å². The van der Waals surface area contributed by atoms with Gasteiger partial charge in [-0.15, -0.1) is 11.3 Å². The van der Waals surface area contributed by atoms with Crippen LogP contribution in [-0.2, 0) is 11.2 Å². The first kappa shape index (κ1) is 12.1. The van der Waals surface area contributed by atoms with E-state index in [1.807, 2.05) is 19.2 Å². The standard InChI is InChI=1S/C10H17N3OS/c1-7(2)9(11)10(14)12-4-3-8-5-15-6-13-8/h5-7,9H,3-4,11H2,1-2H3,(H,12,14). The van der Waals surface area contributed by atoms with Gasteiger partial charge in [0.2, 0.25) is 5.91 Å². The minimum Gasteiger partial charge on any atom is -0.354 e. The molecule has 1 rings (SSSR count). The molecule has 0 aliphatic heterocycles. The van der Waals surface area contributed by atoms with Crippen LogP contribution < -0.4 is 11.1 Å². The Morgan fingerprint density at radius 3 is 2.93 bits per heavy atom. The predicted molar refractivity (Wildman–Crippen MR) is 61.6 cm³/mol. The topological polar surface area (TPSA) is 68.0 Å². The van der Waals surface area contributed by atoms with E-state index in [2.05, 4.69) is 10.3 Å². The Hall–Kier alpha value is -0.940. The molecule has 1 aromatic rings. The van der Waals surface area contributed by atoms with Crippen LogP contribution in [0.4, 0.5) is 0 Å². The van der Waals surface area contributed by atoms with Gasteiger partial charge in [0.05, 0.1) is 17.2 Å². The van der Waals surface area contributed by atoms with E-state index in [1.54, 1.807) is 16.8 Å². The second-order valence-corrected chi connectivity index (χ2v) is 4.51. The van der Waals surface area contributed by atoms with Crippen LogP contribution in [0.1, 0.15) is 19.5 Å². The molecule has 0 saturated carbocycles. The second kappa shape index (κ2) is 5.82. The molecule has 0 radical (unpaired) electrons. The van der Waals surface area contributed by atoms with Crippen molar-refractivity contribution >= 4 is 17.2 Å². The number of carbonyl (C=O) groups is 1. The third-order valence-corrected chi connectivity index (χ3v) is 2.82. The fourth-order valence-electron chi connectivity index (χ4n) is 1.10. The summed E-state index contributed by atoms with van der Waals surface area (Å²) in [6.45, 7) is 4.47. The first-order chi connectivity index (χ1) is 7.11. The molecule has 0 aromatic carbocycles. The van der Waals surface area contributed by atoms with E-state index in [0.717, 1.165) is 12.1 Å². The quantitative estimate of drug-likeness (QED) is 0.781. The Labute approximate surface area is 93.9 Å². The summed E-state index contributed by atoms with van der Waals surface area (Å²) in [7, 11) is 0. The van der Waals surface area contributed by atoms with Gasteiger partial charge in [0.1, 0.15) is 0 Å². The lowest BCUT2D eigenvalue weighted by Crippen LogP contribution is -2.44. The maximum Gasteiger partial charge on any atom is 0.237 e. The van der Waals surface area contributed by atoms with Crippen LogP contribution in [-0.4, -0.2) is 23.5 Å². The van der Waals surface area contributed by atoms with Gasteiger partial charge in [0, 0.05) is 18.3 Å². The molecule has 1 amide bonds. The summed E-state index contributed by atoms with van der Waals surface area (Å²) < 4.78 is 0. The number of thiazole rings is 1.